The number of aryl methyl sites for hydroxylation is 1. The van der Waals surface area contributed by atoms with Gasteiger partial charge in [0.25, 0.3) is 0 Å². The number of methoxy groups -OCH3 is 1. The zero-order valence-corrected chi connectivity index (χ0v) is 10.9. The van der Waals surface area contributed by atoms with E-state index in [0.717, 1.165) is 30.0 Å². The van der Waals surface area contributed by atoms with E-state index in [1.54, 1.807) is 7.11 Å². The SMILES string of the molecule is CCc1cc(-c2cn(CCN)cn2)ccc1OC. The molecule has 0 bridgehead atoms. The Hall–Kier alpha value is -1.81. The molecular formula is C14H19N3O. The molecule has 0 amide bonds. The van der Waals surface area contributed by atoms with Crippen LogP contribution in [0.15, 0.2) is 30.7 Å². The second-order valence-electron chi connectivity index (χ2n) is 4.17. The first-order valence-corrected chi connectivity index (χ1v) is 6.17. The van der Waals surface area contributed by atoms with Crippen LogP contribution in [-0.4, -0.2) is 23.2 Å². The quantitative estimate of drug-likeness (QED) is 0.877. The summed E-state index contributed by atoms with van der Waals surface area (Å²) in [6.45, 7) is 3.54. The van der Waals surface area contributed by atoms with E-state index in [9.17, 15) is 0 Å². The molecule has 0 aliphatic rings. The predicted octanol–water partition coefficient (Wildman–Crippen LogP) is 2.08. The Morgan fingerprint density at radius 1 is 1.39 bits per heavy atom. The minimum Gasteiger partial charge on any atom is -0.496 e. The van der Waals surface area contributed by atoms with Crippen LogP contribution in [0.25, 0.3) is 11.3 Å². The molecule has 4 nitrogen and oxygen atoms in total. The van der Waals surface area contributed by atoms with Gasteiger partial charge in [0, 0.05) is 24.8 Å². The third-order valence-corrected chi connectivity index (χ3v) is 2.98. The highest BCUT2D eigenvalue weighted by Crippen LogP contribution is 2.25. The molecule has 0 atom stereocenters. The molecule has 2 N–H and O–H groups in total. The summed E-state index contributed by atoms with van der Waals surface area (Å²) in [5, 5.41) is 0. The van der Waals surface area contributed by atoms with Gasteiger partial charge >= 0.3 is 0 Å². The van der Waals surface area contributed by atoms with Crippen LogP contribution in [0.4, 0.5) is 0 Å². The first-order valence-electron chi connectivity index (χ1n) is 6.17. The van der Waals surface area contributed by atoms with Gasteiger partial charge in [-0.25, -0.2) is 4.98 Å². The van der Waals surface area contributed by atoms with E-state index in [1.165, 1.54) is 5.56 Å². The first kappa shape index (κ1) is 12.6. The molecule has 0 saturated heterocycles. The molecule has 4 heteroatoms. The molecule has 0 aliphatic heterocycles. The van der Waals surface area contributed by atoms with Crippen molar-refractivity contribution >= 4 is 0 Å². The Morgan fingerprint density at radius 3 is 2.89 bits per heavy atom. The lowest BCUT2D eigenvalue weighted by Crippen LogP contribution is -2.07. The van der Waals surface area contributed by atoms with Crippen LogP contribution in [0, 0.1) is 0 Å². The minimum absolute atomic E-state index is 0.624. The average molecular weight is 245 g/mol. The van der Waals surface area contributed by atoms with Crippen molar-refractivity contribution in [3.8, 4) is 17.0 Å². The summed E-state index contributed by atoms with van der Waals surface area (Å²) in [5.41, 5.74) is 8.81. The Kier molecular flexibility index (Phi) is 3.99. The fourth-order valence-electron chi connectivity index (χ4n) is 1.99. The number of nitrogens with zero attached hydrogens (tertiary/aromatic N) is 2. The van der Waals surface area contributed by atoms with Crippen molar-refractivity contribution in [1.29, 1.82) is 0 Å². The van der Waals surface area contributed by atoms with E-state index in [0.29, 0.717) is 6.54 Å². The summed E-state index contributed by atoms with van der Waals surface area (Å²) in [6.07, 6.45) is 4.78. The Morgan fingerprint density at radius 2 is 2.22 bits per heavy atom. The highest BCUT2D eigenvalue weighted by atomic mass is 16.5. The molecule has 2 aromatic rings. The van der Waals surface area contributed by atoms with Crippen LogP contribution in [0.3, 0.4) is 0 Å². The number of aromatic nitrogens is 2. The summed E-state index contributed by atoms with van der Waals surface area (Å²) in [5.74, 6) is 0.933. The number of benzene rings is 1. The van der Waals surface area contributed by atoms with E-state index < -0.39 is 0 Å². The van der Waals surface area contributed by atoms with Crippen molar-refractivity contribution in [2.24, 2.45) is 5.73 Å². The summed E-state index contributed by atoms with van der Waals surface area (Å²) in [7, 11) is 1.70. The fourth-order valence-corrected chi connectivity index (χ4v) is 1.99. The molecule has 1 aromatic heterocycles. The van der Waals surface area contributed by atoms with Gasteiger partial charge in [0.1, 0.15) is 5.75 Å². The van der Waals surface area contributed by atoms with E-state index >= 15 is 0 Å². The molecule has 1 heterocycles. The molecule has 0 spiro atoms. The number of ether oxygens (including phenoxy) is 1. The topological polar surface area (TPSA) is 53.1 Å². The van der Waals surface area contributed by atoms with Gasteiger partial charge < -0.3 is 15.0 Å². The molecular weight excluding hydrogens is 226 g/mol. The molecule has 18 heavy (non-hydrogen) atoms. The Balaban J connectivity index is 2.31. The predicted molar refractivity (Wildman–Crippen MR) is 72.6 cm³/mol. The number of imidazole rings is 1. The van der Waals surface area contributed by atoms with Crippen LogP contribution >= 0.6 is 0 Å². The summed E-state index contributed by atoms with van der Waals surface area (Å²) < 4.78 is 7.33. The van der Waals surface area contributed by atoms with Gasteiger partial charge in [-0.05, 0) is 30.2 Å². The Labute approximate surface area is 107 Å². The largest absolute Gasteiger partial charge is 0.496 e. The summed E-state index contributed by atoms with van der Waals surface area (Å²) >= 11 is 0. The van der Waals surface area contributed by atoms with Gasteiger partial charge in [-0.1, -0.05) is 6.92 Å². The van der Waals surface area contributed by atoms with Crippen molar-refractivity contribution in [1.82, 2.24) is 9.55 Å². The maximum Gasteiger partial charge on any atom is 0.122 e. The molecule has 1 aromatic carbocycles. The van der Waals surface area contributed by atoms with Gasteiger partial charge in [0.05, 0.1) is 19.1 Å². The standard InChI is InChI=1S/C14H19N3O/c1-3-11-8-12(4-5-14(11)18-2)13-9-17(7-6-15)10-16-13/h4-5,8-10H,3,6-7,15H2,1-2H3. The fraction of sp³-hybridized carbons (Fsp3) is 0.357. The van der Waals surface area contributed by atoms with E-state index in [4.69, 9.17) is 10.5 Å². The first-order chi connectivity index (χ1) is 8.78. The van der Waals surface area contributed by atoms with Crippen LogP contribution in [0.2, 0.25) is 0 Å². The normalized spacial score (nSPS) is 10.6. The number of hydrogen-bond acceptors (Lipinski definition) is 3. The summed E-state index contributed by atoms with van der Waals surface area (Å²) in [4.78, 5) is 4.40. The zero-order chi connectivity index (χ0) is 13.0. The highest BCUT2D eigenvalue weighted by Gasteiger charge is 2.06. The number of rotatable bonds is 5. The number of nitrogens with two attached hydrogens (primary N) is 1. The second kappa shape index (κ2) is 5.69. The van der Waals surface area contributed by atoms with Gasteiger partial charge in [-0.15, -0.1) is 0 Å². The molecule has 2 rings (SSSR count). The van der Waals surface area contributed by atoms with Gasteiger partial charge in [0.2, 0.25) is 0 Å². The van der Waals surface area contributed by atoms with Crippen molar-refractivity contribution in [3.05, 3.63) is 36.3 Å². The zero-order valence-electron chi connectivity index (χ0n) is 10.9. The van der Waals surface area contributed by atoms with Crippen LogP contribution in [-0.2, 0) is 13.0 Å². The lowest BCUT2D eigenvalue weighted by Gasteiger charge is -2.07. The molecule has 0 saturated carbocycles. The van der Waals surface area contributed by atoms with Crippen LogP contribution in [0.5, 0.6) is 5.75 Å². The van der Waals surface area contributed by atoms with E-state index in [1.807, 2.05) is 29.2 Å². The highest BCUT2D eigenvalue weighted by molar-refractivity contribution is 5.61. The van der Waals surface area contributed by atoms with E-state index in [-0.39, 0.29) is 0 Å². The lowest BCUT2D eigenvalue weighted by atomic mass is 10.1. The van der Waals surface area contributed by atoms with Gasteiger partial charge in [0.15, 0.2) is 0 Å². The second-order valence-corrected chi connectivity index (χ2v) is 4.17. The monoisotopic (exact) mass is 245 g/mol. The number of hydrogen-bond donors (Lipinski definition) is 1. The molecule has 0 unspecified atom stereocenters. The van der Waals surface area contributed by atoms with Crippen LogP contribution in [0.1, 0.15) is 12.5 Å². The van der Waals surface area contributed by atoms with E-state index in [2.05, 4.69) is 18.0 Å². The van der Waals surface area contributed by atoms with Crippen molar-refractivity contribution in [2.75, 3.05) is 13.7 Å². The maximum atomic E-state index is 5.53. The van der Waals surface area contributed by atoms with Gasteiger partial charge in [-0.3, -0.25) is 0 Å². The lowest BCUT2D eigenvalue weighted by molar-refractivity contribution is 0.410. The molecule has 0 radical (unpaired) electrons. The smallest absolute Gasteiger partial charge is 0.122 e. The van der Waals surface area contributed by atoms with Crippen molar-refractivity contribution in [3.63, 3.8) is 0 Å². The van der Waals surface area contributed by atoms with Crippen LogP contribution < -0.4 is 10.5 Å². The van der Waals surface area contributed by atoms with Gasteiger partial charge in [-0.2, -0.15) is 0 Å². The molecule has 96 valence electrons. The minimum atomic E-state index is 0.624. The molecule has 0 aliphatic carbocycles. The third-order valence-electron chi connectivity index (χ3n) is 2.98. The van der Waals surface area contributed by atoms with Crippen molar-refractivity contribution < 1.29 is 4.74 Å². The average Bonchev–Trinajstić information content (AvgIpc) is 2.87. The van der Waals surface area contributed by atoms with Crippen molar-refractivity contribution in [2.45, 2.75) is 19.9 Å². The third kappa shape index (κ3) is 2.54. The molecule has 0 fully saturated rings. The Bertz CT molecular complexity index is 520. The maximum absolute atomic E-state index is 5.53. The summed E-state index contributed by atoms with van der Waals surface area (Å²) in [6, 6.07) is 6.16.